The number of nitrogens with zero attached hydrogens (tertiary/aromatic N) is 2. The predicted molar refractivity (Wildman–Crippen MR) is 37.6 cm³/mol. The third kappa shape index (κ3) is 0.530. The molecule has 1 fully saturated rings. The third-order valence-corrected chi connectivity index (χ3v) is 2.00. The summed E-state index contributed by atoms with van der Waals surface area (Å²) in [5, 5.41) is 0. The van der Waals surface area contributed by atoms with Crippen LogP contribution in [0.1, 0.15) is 0 Å². The van der Waals surface area contributed by atoms with E-state index in [9.17, 15) is 0 Å². The van der Waals surface area contributed by atoms with E-state index in [0.29, 0.717) is 5.92 Å². The molecule has 2 aliphatic rings. The third-order valence-electron chi connectivity index (χ3n) is 2.00. The lowest BCUT2D eigenvalue weighted by Gasteiger charge is -2.36. The highest BCUT2D eigenvalue weighted by Gasteiger charge is 2.33. The molecule has 9 heavy (non-hydrogen) atoms. The molecule has 48 valence electrons. The Morgan fingerprint density at radius 3 is 3.33 bits per heavy atom. The van der Waals surface area contributed by atoms with Gasteiger partial charge in [0.15, 0.2) is 0 Å². The second-order valence-corrected chi connectivity index (χ2v) is 2.53. The topological polar surface area (TPSA) is 15.6 Å². The van der Waals surface area contributed by atoms with Gasteiger partial charge in [0.25, 0.3) is 0 Å². The van der Waals surface area contributed by atoms with Crippen LogP contribution in [0.5, 0.6) is 0 Å². The van der Waals surface area contributed by atoms with Gasteiger partial charge in [-0.25, -0.2) is 0 Å². The van der Waals surface area contributed by atoms with Crippen LogP contribution in [0, 0.1) is 5.92 Å². The maximum Gasteiger partial charge on any atom is 0.108 e. The number of rotatable bonds is 1. The maximum atomic E-state index is 4.33. The summed E-state index contributed by atoms with van der Waals surface area (Å²) in [6.07, 6.45) is 1.99. The first-order valence-corrected chi connectivity index (χ1v) is 3.33. The van der Waals surface area contributed by atoms with Crippen LogP contribution in [0.3, 0.4) is 0 Å². The molecule has 1 atom stereocenters. The monoisotopic (exact) mass is 122 g/mol. The van der Waals surface area contributed by atoms with E-state index in [1.807, 2.05) is 6.08 Å². The van der Waals surface area contributed by atoms with Crippen LogP contribution in [-0.4, -0.2) is 30.4 Å². The van der Waals surface area contributed by atoms with Gasteiger partial charge >= 0.3 is 0 Å². The minimum absolute atomic E-state index is 0.576. The second-order valence-electron chi connectivity index (χ2n) is 2.53. The van der Waals surface area contributed by atoms with Crippen LogP contribution in [0.25, 0.3) is 0 Å². The van der Waals surface area contributed by atoms with Crippen LogP contribution < -0.4 is 0 Å². The van der Waals surface area contributed by atoms with Crippen molar-refractivity contribution in [1.82, 2.24) is 4.90 Å². The lowest BCUT2D eigenvalue weighted by Crippen LogP contribution is -2.48. The molecule has 2 heterocycles. The Balaban J connectivity index is 2.14. The second kappa shape index (κ2) is 1.59. The average Bonchev–Trinajstić information content (AvgIpc) is 2.14. The summed E-state index contributed by atoms with van der Waals surface area (Å²) < 4.78 is 0. The predicted octanol–water partition coefficient (Wildman–Crippen LogP) is 0.516. The quantitative estimate of drug-likeness (QED) is 0.463. The van der Waals surface area contributed by atoms with E-state index in [1.54, 1.807) is 0 Å². The van der Waals surface area contributed by atoms with E-state index in [0.717, 1.165) is 19.6 Å². The van der Waals surface area contributed by atoms with Crippen molar-refractivity contribution in [2.45, 2.75) is 0 Å². The molecule has 0 bridgehead atoms. The molecular formula is C7H10N2. The molecule has 0 radical (unpaired) electrons. The SMILES string of the molecule is C=CC1CN2CCN=C12. The molecule has 0 saturated carbocycles. The van der Waals surface area contributed by atoms with Crippen LogP contribution in [0.15, 0.2) is 17.6 Å². The summed E-state index contributed by atoms with van der Waals surface area (Å²) in [6.45, 7) is 7.03. The van der Waals surface area contributed by atoms with E-state index < -0.39 is 0 Å². The van der Waals surface area contributed by atoms with Crippen LogP contribution in [-0.2, 0) is 0 Å². The lowest BCUT2D eigenvalue weighted by molar-refractivity contribution is 0.350. The van der Waals surface area contributed by atoms with Gasteiger partial charge in [-0.1, -0.05) is 6.08 Å². The standard InChI is InChI=1S/C7H10N2/c1-2-6-5-9-4-3-8-7(6)9/h2,6H,1,3-5H2. The van der Waals surface area contributed by atoms with E-state index >= 15 is 0 Å². The van der Waals surface area contributed by atoms with Crippen LogP contribution in [0.2, 0.25) is 0 Å². The van der Waals surface area contributed by atoms with E-state index in [2.05, 4.69) is 16.5 Å². The molecule has 1 unspecified atom stereocenters. The summed E-state index contributed by atoms with van der Waals surface area (Å²) in [5.74, 6) is 1.84. The van der Waals surface area contributed by atoms with Crippen LogP contribution >= 0.6 is 0 Å². The van der Waals surface area contributed by atoms with Crippen molar-refractivity contribution < 1.29 is 0 Å². The molecule has 0 N–H and O–H groups in total. The van der Waals surface area contributed by atoms with Crippen molar-refractivity contribution in [3.05, 3.63) is 12.7 Å². The first kappa shape index (κ1) is 5.03. The summed E-state index contributed by atoms with van der Waals surface area (Å²) in [6, 6.07) is 0. The summed E-state index contributed by atoms with van der Waals surface area (Å²) >= 11 is 0. The van der Waals surface area contributed by atoms with Crippen molar-refractivity contribution in [1.29, 1.82) is 0 Å². The average molecular weight is 122 g/mol. The fraction of sp³-hybridized carbons (Fsp3) is 0.571. The minimum Gasteiger partial charge on any atom is -0.357 e. The molecule has 2 heteroatoms. The molecule has 0 amide bonds. The summed E-state index contributed by atoms with van der Waals surface area (Å²) in [7, 11) is 0. The zero-order valence-electron chi connectivity index (χ0n) is 5.38. The zero-order chi connectivity index (χ0) is 6.27. The minimum atomic E-state index is 0.576. The largest absolute Gasteiger partial charge is 0.357 e. The van der Waals surface area contributed by atoms with Crippen molar-refractivity contribution in [3.8, 4) is 0 Å². The summed E-state index contributed by atoms with van der Waals surface area (Å²) in [5.41, 5.74) is 0. The molecule has 0 aromatic heterocycles. The van der Waals surface area contributed by atoms with Gasteiger partial charge in [-0.05, 0) is 0 Å². The van der Waals surface area contributed by atoms with Gasteiger partial charge in [-0.2, -0.15) is 0 Å². The first-order valence-electron chi connectivity index (χ1n) is 3.33. The van der Waals surface area contributed by atoms with Gasteiger partial charge in [0.05, 0.1) is 12.5 Å². The fourth-order valence-corrected chi connectivity index (χ4v) is 1.42. The number of hydrogen-bond acceptors (Lipinski definition) is 2. The molecular weight excluding hydrogens is 112 g/mol. The molecule has 2 nitrogen and oxygen atoms in total. The fourth-order valence-electron chi connectivity index (χ4n) is 1.42. The highest BCUT2D eigenvalue weighted by Crippen LogP contribution is 2.22. The van der Waals surface area contributed by atoms with Crippen molar-refractivity contribution >= 4 is 5.84 Å². The Morgan fingerprint density at radius 1 is 1.78 bits per heavy atom. The van der Waals surface area contributed by atoms with Crippen LogP contribution in [0.4, 0.5) is 0 Å². The molecule has 1 saturated heterocycles. The van der Waals surface area contributed by atoms with E-state index in [-0.39, 0.29) is 0 Å². The Bertz CT molecular complexity index is 172. The van der Waals surface area contributed by atoms with Crippen molar-refractivity contribution in [2.24, 2.45) is 10.9 Å². The number of hydrogen-bond donors (Lipinski definition) is 0. The number of aliphatic imine (C=N–C) groups is 1. The Labute approximate surface area is 54.9 Å². The molecule has 2 aliphatic heterocycles. The van der Waals surface area contributed by atoms with E-state index in [1.165, 1.54) is 5.84 Å². The van der Waals surface area contributed by atoms with E-state index in [4.69, 9.17) is 0 Å². The number of amidine groups is 1. The van der Waals surface area contributed by atoms with Gasteiger partial charge in [0.2, 0.25) is 0 Å². The maximum absolute atomic E-state index is 4.33. The highest BCUT2D eigenvalue weighted by molar-refractivity contribution is 5.92. The summed E-state index contributed by atoms with van der Waals surface area (Å²) in [4.78, 5) is 6.64. The van der Waals surface area contributed by atoms with Gasteiger partial charge < -0.3 is 4.90 Å². The first-order chi connectivity index (χ1) is 4.42. The Kier molecular flexibility index (Phi) is 0.891. The molecule has 2 rings (SSSR count). The Morgan fingerprint density at radius 2 is 2.67 bits per heavy atom. The molecule has 0 aromatic rings. The van der Waals surface area contributed by atoms with Crippen molar-refractivity contribution in [3.63, 3.8) is 0 Å². The van der Waals surface area contributed by atoms with Gasteiger partial charge in [-0.15, -0.1) is 6.58 Å². The normalized spacial score (nSPS) is 30.9. The Hall–Kier alpha value is -0.790. The molecule has 0 spiro atoms. The molecule has 0 aliphatic carbocycles. The van der Waals surface area contributed by atoms with Gasteiger partial charge in [0.1, 0.15) is 5.84 Å². The zero-order valence-corrected chi connectivity index (χ0v) is 5.38. The highest BCUT2D eigenvalue weighted by atomic mass is 15.3. The number of fused-ring (bicyclic) bond motifs is 1. The molecule has 0 aromatic carbocycles. The van der Waals surface area contributed by atoms with Crippen molar-refractivity contribution in [2.75, 3.05) is 19.6 Å². The smallest absolute Gasteiger partial charge is 0.108 e. The lowest BCUT2D eigenvalue weighted by atomic mass is 10.00. The van der Waals surface area contributed by atoms with Gasteiger partial charge in [-0.3, -0.25) is 4.99 Å². The van der Waals surface area contributed by atoms with Gasteiger partial charge in [0, 0.05) is 13.1 Å².